The van der Waals surface area contributed by atoms with E-state index in [1.54, 1.807) is 0 Å². The lowest BCUT2D eigenvalue weighted by molar-refractivity contribution is 0.270. The normalized spacial score (nSPS) is 10.8. The number of hydrogen-bond acceptors (Lipinski definition) is 13. The number of nitrogens with two attached hydrogens (primary N) is 2. The highest BCUT2D eigenvalue weighted by Gasteiger charge is 2.14. The minimum atomic E-state index is -0.130. The molecule has 15 heteroatoms. The van der Waals surface area contributed by atoms with Crippen LogP contribution in [0, 0.1) is 0 Å². The molecule has 0 aliphatic rings. The van der Waals surface area contributed by atoms with E-state index < -0.39 is 0 Å². The lowest BCUT2D eigenvalue weighted by Crippen LogP contribution is -2.14. The lowest BCUT2D eigenvalue weighted by atomic mass is 10.7. The van der Waals surface area contributed by atoms with Crippen LogP contribution in [0.2, 0.25) is 0 Å². The first-order chi connectivity index (χ1) is 12.1. The number of aliphatic hydroxyl groups is 1. The van der Waals surface area contributed by atoms with Crippen molar-refractivity contribution in [1.82, 2.24) is 49.9 Å². The maximum Gasteiger partial charge on any atom is 0.292 e. The largest absolute Gasteiger partial charge is 0.394 e. The second-order valence-corrected chi connectivity index (χ2v) is 4.62. The molecular weight excluding hydrogens is 332 g/mol. The number of aromatic nitrogens is 10. The zero-order valence-electron chi connectivity index (χ0n) is 13.2. The summed E-state index contributed by atoms with van der Waals surface area (Å²) in [7, 11) is 0. The molecule has 7 N–H and O–H groups in total. The molecule has 132 valence electrons. The van der Waals surface area contributed by atoms with Gasteiger partial charge in [-0.3, -0.25) is 5.32 Å². The standard InChI is InChI=1S/C10H16N14O/c1-2-13-8-14-6(12)22-24(8)10-19-17-7(18-20-10)16-9-15-5(11)21-23(9)3-4-25/h25H,2-4H2,1H3,(H3,12,13,14,22)(H3,11,15,16,17,18,21). The van der Waals surface area contributed by atoms with E-state index in [1.807, 2.05) is 6.92 Å². The number of nitrogen functional groups attached to an aromatic ring is 2. The highest BCUT2D eigenvalue weighted by Crippen LogP contribution is 2.12. The van der Waals surface area contributed by atoms with Crippen molar-refractivity contribution >= 4 is 29.7 Å². The van der Waals surface area contributed by atoms with Crippen LogP contribution < -0.4 is 22.1 Å². The summed E-state index contributed by atoms with van der Waals surface area (Å²) in [4.78, 5) is 7.97. The smallest absolute Gasteiger partial charge is 0.292 e. The summed E-state index contributed by atoms with van der Waals surface area (Å²) in [6.07, 6.45) is 0. The molecule has 0 amide bonds. The highest BCUT2D eigenvalue weighted by molar-refractivity contribution is 5.44. The SMILES string of the molecule is CCNc1nc(N)nn1-c1nnc(Nc2nc(N)nn2CCO)nn1. The lowest BCUT2D eigenvalue weighted by Gasteiger charge is -2.05. The molecule has 15 nitrogen and oxygen atoms in total. The third-order valence-electron chi connectivity index (χ3n) is 2.84. The van der Waals surface area contributed by atoms with Crippen molar-refractivity contribution in [2.24, 2.45) is 0 Å². The van der Waals surface area contributed by atoms with Crippen LogP contribution in [0.4, 0.5) is 29.7 Å². The van der Waals surface area contributed by atoms with Gasteiger partial charge in [-0.15, -0.1) is 30.6 Å². The van der Waals surface area contributed by atoms with Crippen LogP contribution in [0.5, 0.6) is 0 Å². The Morgan fingerprint density at radius 3 is 2.36 bits per heavy atom. The van der Waals surface area contributed by atoms with Gasteiger partial charge in [0.15, 0.2) is 0 Å². The third kappa shape index (κ3) is 3.50. The molecule has 0 atom stereocenters. The molecule has 0 aliphatic heterocycles. The molecule has 0 unspecified atom stereocenters. The molecule has 0 saturated heterocycles. The topological polar surface area (TPSA) is 209 Å². The Kier molecular flexibility index (Phi) is 4.46. The Balaban J connectivity index is 1.81. The summed E-state index contributed by atoms with van der Waals surface area (Å²) in [6.45, 7) is 2.58. The van der Waals surface area contributed by atoms with Crippen molar-refractivity contribution < 1.29 is 5.11 Å². The summed E-state index contributed by atoms with van der Waals surface area (Å²) < 4.78 is 2.66. The summed E-state index contributed by atoms with van der Waals surface area (Å²) in [5.74, 6) is 0.882. The molecule has 0 aliphatic carbocycles. The Hall–Kier alpha value is -3.62. The molecule has 0 bridgehead atoms. The van der Waals surface area contributed by atoms with Gasteiger partial charge in [0.25, 0.3) is 11.9 Å². The van der Waals surface area contributed by atoms with Gasteiger partial charge in [-0.05, 0) is 6.92 Å². The van der Waals surface area contributed by atoms with Gasteiger partial charge in [-0.25, -0.2) is 4.68 Å². The summed E-state index contributed by atoms with van der Waals surface area (Å²) in [6, 6.07) is 0. The van der Waals surface area contributed by atoms with E-state index in [0.717, 1.165) is 0 Å². The molecule has 3 rings (SSSR count). The zero-order valence-corrected chi connectivity index (χ0v) is 13.2. The van der Waals surface area contributed by atoms with E-state index in [4.69, 9.17) is 16.6 Å². The summed E-state index contributed by atoms with van der Waals surface area (Å²) in [5, 5.41) is 38.3. The van der Waals surface area contributed by atoms with E-state index in [0.29, 0.717) is 12.5 Å². The molecule has 3 aromatic rings. The molecule has 0 fully saturated rings. The third-order valence-corrected chi connectivity index (χ3v) is 2.84. The number of nitrogens with zero attached hydrogens (tertiary/aromatic N) is 10. The van der Waals surface area contributed by atoms with Crippen molar-refractivity contribution in [1.29, 1.82) is 0 Å². The average Bonchev–Trinajstić information content (AvgIpc) is 3.11. The predicted octanol–water partition coefficient (Wildman–Crippen LogP) is -2.23. The molecule has 0 saturated carbocycles. The van der Waals surface area contributed by atoms with E-state index in [2.05, 4.69) is 51.2 Å². The van der Waals surface area contributed by atoms with Crippen LogP contribution in [0.1, 0.15) is 6.92 Å². The van der Waals surface area contributed by atoms with Gasteiger partial charge in [0.1, 0.15) is 0 Å². The number of nitrogens with one attached hydrogen (secondary N) is 2. The minimum Gasteiger partial charge on any atom is -0.394 e. The van der Waals surface area contributed by atoms with Crippen molar-refractivity contribution in [3.63, 3.8) is 0 Å². The molecule has 3 heterocycles. The second-order valence-electron chi connectivity index (χ2n) is 4.62. The molecule has 3 aromatic heterocycles. The fourth-order valence-electron chi connectivity index (χ4n) is 1.90. The number of rotatable bonds is 7. The van der Waals surface area contributed by atoms with Crippen molar-refractivity contribution in [2.75, 3.05) is 35.3 Å². The monoisotopic (exact) mass is 348 g/mol. The van der Waals surface area contributed by atoms with Crippen molar-refractivity contribution in [3.05, 3.63) is 0 Å². The highest BCUT2D eigenvalue weighted by atomic mass is 16.3. The quantitative estimate of drug-likeness (QED) is 0.306. The van der Waals surface area contributed by atoms with E-state index in [-0.39, 0.29) is 42.9 Å². The number of hydrogen-bond donors (Lipinski definition) is 5. The molecule has 25 heavy (non-hydrogen) atoms. The maximum atomic E-state index is 9.01. The second kappa shape index (κ2) is 6.87. The van der Waals surface area contributed by atoms with Crippen LogP contribution in [-0.2, 0) is 6.54 Å². The Morgan fingerprint density at radius 2 is 1.68 bits per heavy atom. The zero-order chi connectivity index (χ0) is 17.8. The van der Waals surface area contributed by atoms with Gasteiger partial charge in [0.05, 0.1) is 13.2 Å². The van der Waals surface area contributed by atoms with Crippen LogP contribution in [0.3, 0.4) is 0 Å². The van der Waals surface area contributed by atoms with E-state index >= 15 is 0 Å². The Labute approximate surface area is 140 Å². The van der Waals surface area contributed by atoms with Crippen LogP contribution in [-0.4, -0.2) is 68.2 Å². The van der Waals surface area contributed by atoms with Crippen molar-refractivity contribution in [2.45, 2.75) is 13.5 Å². The fourth-order valence-corrected chi connectivity index (χ4v) is 1.90. The maximum absolute atomic E-state index is 9.01. The van der Waals surface area contributed by atoms with Gasteiger partial charge in [0, 0.05) is 6.54 Å². The molecule has 0 aromatic carbocycles. The predicted molar refractivity (Wildman–Crippen MR) is 85.9 cm³/mol. The first-order valence-electron chi connectivity index (χ1n) is 7.23. The minimum absolute atomic E-state index is 0.0434. The van der Waals surface area contributed by atoms with Gasteiger partial charge in [-0.2, -0.15) is 14.6 Å². The first-order valence-corrected chi connectivity index (χ1v) is 7.23. The molecule has 0 radical (unpaired) electrons. The van der Waals surface area contributed by atoms with E-state index in [9.17, 15) is 0 Å². The van der Waals surface area contributed by atoms with Crippen molar-refractivity contribution in [3.8, 4) is 5.95 Å². The Bertz CT molecular complexity index is 838. The van der Waals surface area contributed by atoms with Crippen LogP contribution in [0.15, 0.2) is 0 Å². The van der Waals surface area contributed by atoms with Gasteiger partial charge in [-0.1, -0.05) is 0 Å². The first kappa shape index (κ1) is 16.2. The number of aliphatic hydroxyl groups excluding tert-OH is 1. The molecular formula is C10H16N14O. The van der Waals surface area contributed by atoms with E-state index in [1.165, 1.54) is 9.36 Å². The van der Waals surface area contributed by atoms with Gasteiger partial charge >= 0.3 is 0 Å². The van der Waals surface area contributed by atoms with Crippen LogP contribution in [0.25, 0.3) is 5.95 Å². The van der Waals surface area contributed by atoms with Crippen LogP contribution >= 0.6 is 0 Å². The summed E-state index contributed by atoms with van der Waals surface area (Å²) >= 11 is 0. The summed E-state index contributed by atoms with van der Waals surface area (Å²) in [5.41, 5.74) is 11.1. The van der Waals surface area contributed by atoms with Gasteiger partial charge in [0.2, 0.25) is 23.8 Å². The number of anilines is 5. The average molecular weight is 348 g/mol. The Morgan fingerprint density at radius 1 is 1.00 bits per heavy atom. The fraction of sp³-hybridized carbons (Fsp3) is 0.400. The van der Waals surface area contributed by atoms with Gasteiger partial charge < -0.3 is 21.9 Å². The molecule has 0 spiro atoms.